The van der Waals surface area contributed by atoms with Gasteiger partial charge in [-0.05, 0) is 64.4 Å². The summed E-state index contributed by atoms with van der Waals surface area (Å²) in [5.74, 6) is 2.24. The van der Waals surface area contributed by atoms with Gasteiger partial charge in [0.15, 0.2) is 28.9 Å². The summed E-state index contributed by atoms with van der Waals surface area (Å²) < 4.78 is 20.4. The van der Waals surface area contributed by atoms with Crippen LogP contribution in [-0.2, 0) is 38.4 Å². The first kappa shape index (κ1) is 66.7. The van der Waals surface area contributed by atoms with E-state index in [2.05, 4.69) is 61.5 Å². The second-order valence-corrected chi connectivity index (χ2v) is 19.0. The van der Waals surface area contributed by atoms with Crippen molar-refractivity contribution in [2.24, 2.45) is 5.73 Å². The predicted molar refractivity (Wildman–Crippen MR) is 317 cm³/mol. The number of nitrogens with one attached hydrogen (secondary N) is 5. The third-order valence-electron chi connectivity index (χ3n) is 12.6. The number of amides is 1. The summed E-state index contributed by atoms with van der Waals surface area (Å²) in [6.45, 7) is 8.52. The number of nitrogens with zero attached hydrogens (tertiary/aromatic N) is 6. The van der Waals surface area contributed by atoms with E-state index in [1.807, 2.05) is 130 Å². The number of carbonyl (C=O) groups excluding carboxylic acids is 2. The standard InChI is InChI=1S/C24H25N5O3.C13H14N2O3.C13H13NO3.C11H14N4O.Na.H2O/c1-16-7-9-17(10-8-16)21-15-18(29-32-21)11-12-22(30)25-13-4-14-26-23-19-5-2-3-6-20(19)24(31)28-27-23;1-9-3-4-10(8-14-9)12-7-11(15-18-12)5-6-13(16)17-2;1-9-2-4-10(5-3-9)12-8-11(14-17-12)6-7-13(15)16;12-6-3-7-13-10-8-4-1-2-5-9(8)11(16)15-14-10;;/h2-3,5-10,15H,4,11-14H2,1H3,(H,25,30)(H,26,27)(H,28,31);3-4,7-8H,5-6H2,1-2H3;2-5,8H,6-7H2,1H3,(H,15,16);1-2,4-5H,3,6-7,12H2,(H,13,14)(H,15,16);;1H2/q;;;;+1;/p-1. The number of aryl methyl sites for hydroxylation is 6. The van der Waals surface area contributed by atoms with Crippen LogP contribution in [0.1, 0.15) is 66.0 Å². The van der Waals surface area contributed by atoms with Gasteiger partial charge in [0.05, 0.1) is 47.8 Å². The normalized spacial score (nSPS) is 10.4. The number of nitrogens with two attached hydrogens (primary N) is 1. The SMILES string of the molecule is COC(=O)CCc1cc(-c2ccc(C)nc2)on1.Cc1ccc(-c2cc(CCC(=O)NCCCNc3n[nH]c(=O)c4ccccc34)no2)cc1.Cc1ccc(-c2cc(CCC(=O)O)no2)cc1.NCCCNc1n[nH]c(=O)c2ccccc12.[Na+].[OH-]. The predicted octanol–water partition coefficient (Wildman–Crippen LogP) is 5.77. The fourth-order valence-corrected chi connectivity index (χ4v) is 7.97. The summed E-state index contributed by atoms with van der Waals surface area (Å²) in [7, 11) is 1.37. The topological polar surface area (TPSA) is 355 Å². The molecular weight excluding hydrogens is 1100 g/mol. The van der Waals surface area contributed by atoms with Crippen molar-refractivity contribution in [3.8, 4) is 34.0 Å². The number of carbonyl (C=O) groups is 3. The molecule has 438 valence electrons. The van der Waals surface area contributed by atoms with E-state index >= 15 is 0 Å². The Labute approximate surface area is 511 Å². The zero-order valence-electron chi connectivity index (χ0n) is 48.0. The number of hydrogen-bond acceptors (Lipinski definition) is 19. The van der Waals surface area contributed by atoms with Crippen LogP contribution in [0.3, 0.4) is 0 Å². The van der Waals surface area contributed by atoms with E-state index in [0.29, 0.717) is 97.1 Å². The van der Waals surface area contributed by atoms with Crippen LogP contribution in [0.25, 0.3) is 55.5 Å². The number of pyridine rings is 1. The summed E-state index contributed by atoms with van der Waals surface area (Å²) in [5.41, 5.74) is 13.3. The molecule has 0 radical (unpaired) electrons. The van der Waals surface area contributed by atoms with E-state index in [9.17, 15) is 24.0 Å². The van der Waals surface area contributed by atoms with Crippen molar-refractivity contribution >= 4 is 51.0 Å². The summed E-state index contributed by atoms with van der Waals surface area (Å²) in [6.07, 6.45) is 5.47. The van der Waals surface area contributed by atoms with Gasteiger partial charge in [0.2, 0.25) is 5.91 Å². The largest absolute Gasteiger partial charge is 1.00 e. The number of aromatic amines is 2. The second-order valence-electron chi connectivity index (χ2n) is 19.0. The molecule has 0 aliphatic rings. The zero-order chi connectivity index (χ0) is 58.9. The summed E-state index contributed by atoms with van der Waals surface area (Å²) in [6, 6.07) is 39.9. The number of carboxylic acid groups (broad SMARTS) is 1. The Morgan fingerprint density at radius 2 is 1.01 bits per heavy atom. The van der Waals surface area contributed by atoms with Gasteiger partial charge in [-0.1, -0.05) is 112 Å². The molecule has 0 spiro atoms. The molecule has 0 unspecified atom stereocenters. The molecule has 0 aliphatic carbocycles. The van der Waals surface area contributed by atoms with E-state index in [4.69, 9.17) is 24.4 Å². The van der Waals surface area contributed by atoms with Gasteiger partial charge >= 0.3 is 41.5 Å². The fraction of sp³-hybridized carbons (Fsp3) is 0.262. The third-order valence-corrected chi connectivity index (χ3v) is 12.6. The smallest absolute Gasteiger partial charge is 0.870 e. The van der Waals surface area contributed by atoms with Gasteiger partial charge in [0.1, 0.15) is 0 Å². The van der Waals surface area contributed by atoms with Crippen LogP contribution >= 0.6 is 0 Å². The Balaban J connectivity index is 0.000000216. The molecule has 0 fully saturated rings. The Morgan fingerprint density at radius 3 is 1.46 bits per heavy atom. The average Bonchev–Trinajstić information content (AvgIpc) is 4.52. The maximum Gasteiger partial charge on any atom is 1.00 e. The first-order valence-corrected chi connectivity index (χ1v) is 26.9. The molecule has 9 N–H and O–H groups in total. The zero-order valence-corrected chi connectivity index (χ0v) is 50.0. The van der Waals surface area contributed by atoms with E-state index < -0.39 is 5.97 Å². The molecule has 1 amide bonds. The van der Waals surface area contributed by atoms with Crippen LogP contribution in [0.2, 0.25) is 0 Å². The van der Waals surface area contributed by atoms with Crippen LogP contribution in [0.4, 0.5) is 11.6 Å². The molecule has 85 heavy (non-hydrogen) atoms. The Kier molecular flexibility index (Phi) is 27.0. The summed E-state index contributed by atoms with van der Waals surface area (Å²) >= 11 is 0. The average molecular weight is 1170 g/mol. The Bertz CT molecular complexity index is 3810. The summed E-state index contributed by atoms with van der Waals surface area (Å²) in [5, 5.41) is 45.6. The molecule has 4 aromatic carbocycles. The van der Waals surface area contributed by atoms with Crippen molar-refractivity contribution in [2.75, 3.05) is 43.9 Å². The number of anilines is 2. The minimum Gasteiger partial charge on any atom is -0.870 e. The number of aliphatic carboxylic acids is 1. The van der Waals surface area contributed by atoms with Gasteiger partial charge in [-0.15, -0.1) is 0 Å². The first-order chi connectivity index (χ1) is 40.3. The molecule has 0 aliphatic heterocycles. The van der Waals surface area contributed by atoms with Gasteiger partial charge in [-0.2, -0.15) is 10.2 Å². The van der Waals surface area contributed by atoms with E-state index in [1.54, 1.807) is 24.4 Å². The van der Waals surface area contributed by atoms with Gasteiger partial charge in [0, 0.05) is 103 Å². The van der Waals surface area contributed by atoms with E-state index in [1.165, 1.54) is 18.2 Å². The molecule has 24 heteroatoms. The summed E-state index contributed by atoms with van der Waals surface area (Å²) in [4.78, 5) is 61.1. The number of ether oxygens (including phenoxy) is 1. The first-order valence-electron chi connectivity index (χ1n) is 26.9. The Hall–Kier alpha value is -9.13. The molecule has 0 atom stereocenters. The molecule has 6 aromatic heterocycles. The van der Waals surface area contributed by atoms with Crippen molar-refractivity contribution in [1.29, 1.82) is 0 Å². The van der Waals surface area contributed by atoms with Crippen LogP contribution in [0.15, 0.2) is 157 Å². The maximum absolute atomic E-state index is 12.1. The number of rotatable bonds is 21. The Morgan fingerprint density at radius 1 is 0.576 bits per heavy atom. The monoisotopic (exact) mass is 1170 g/mol. The minimum absolute atomic E-state index is 0. The second kappa shape index (κ2) is 34.5. The molecular formula is C61H67N12NaO11. The number of aromatic nitrogens is 8. The number of carboxylic acids is 1. The van der Waals surface area contributed by atoms with E-state index in [0.717, 1.165) is 63.9 Å². The quantitative estimate of drug-likeness (QED) is 0.0255. The van der Waals surface area contributed by atoms with Gasteiger partial charge in [-0.3, -0.25) is 29.0 Å². The van der Waals surface area contributed by atoms with Crippen molar-refractivity contribution in [3.63, 3.8) is 0 Å². The van der Waals surface area contributed by atoms with Gasteiger partial charge in [-0.25, -0.2) is 10.2 Å². The number of benzene rings is 4. The van der Waals surface area contributed by atoms with E-state index in [-0.39, 0.29) is 64.4 Å². The molecule has 0 saturated carbocycles. The molecule has 0 saturated heterocycles. The van der Waals surface area contributed by atoms with Crippen molar-refractivity contribution < 1.29 is 72.8 Å². The third kappa shape index (κ3) is 20.9. The minimum atomic E-state index is -0.829. The molecule has 0 bridgehead atoms. The van der Waals surface area contributed by atoms with Crippen molar-refractivity contribution in [2.45, 2.75) is 72.1 Å². The molecule has 10 aromatic rings. The maximum atomic E-state index is 12.1. The van der Waals surface area contributed by atoms with Crippen LogP contribution in [-0.4, -0.2) is 103 Å². The van der Waals surface area contributed by atoms with Gasteiger partial charge in [0.25, 0.3) is 11.1 Å². The number of esters is 1. The number of methoxy groups -OCH3 is 1. The fourth-order valence-electron chi connectivity index (χ4n) is 7.97. The molecule has 6 heterocycles. The molecule has 10 rings (SSSR count). The van der Waals surface area contributed by atoms with Gasteiger partial charge < -0.3 is 50.6 Å². The van der Waals surface area contributed by atoms with Crippen LogP contribution in [0, 0.1) is 20.8 Å². The van der Waals surface area contributed by atoms with Crippen LogP contribution in [0.5, 0.6) is 0 Å². The molecule has 23 nitrogen and oxygen atoms in total. The number of H-pyrrole nitrogens is 2. The van der Waals surface area contributed by atoms with Crippen LogP contribution < -0.4 is 62.4 Å². The number of hydrogen-bond donors (Lipinski definition) is 7. The van der Waals surface area contributed by atoms with Crippen molar-refractivity contribution in [3.05, 3.63) is 188 Å². The van der Waals surface area contributed by atoms with Crippen molar-refractivity contribution in [1.82, 2.24) is 46.2 Å². The number of fused-ring (bicyclic) bond motifs is 2.